The molecule has 0 spiro atoms. The number of nitrogens with one attached hydrogen (secondary N) is 2. The summed E-state index contributed by atoms with van der Waals surface area (Å²) in [7, 11) is 0. The molecule has 2 rings (SSSR count). The lowest BCUT2D eigenvalue weighted by molar-refractivity contribution is -0.125. The van der Waals surface area contributed by atoms with Gasteiger partial charge in [-0.05, 0) is 30.7 Å². The average Bonchev–Trinajstić information content (AvgIpc) is 2.58. The Morgan fingerprint density at radius 3 is 2.88 bits per heavy atom. The summed E-state index contributed by atoms with van der Waals surface area (Å²) in [5.74, 6) is -0.448. The first-order valence-corrected chi connectivity index (χ1v) is 5.84. The molecule has 1 aromatic carbocycles. The zero-order valence-corrected chi connectivity index (χ0v) is 9.96. The third-order valence-electron chi connectivity index (χ3n) is 2.66. The van der Waals surface area contributed by atoms with Crippen molar-refractivity contribution in [2.45, 2.75) is 18.9 Å². The number of benzene rings is 1. The number of carbonyl (C=O) groups is 2. The van der Waals surface area contributed by atoms with Crippen LogP contribution in [-0.4, -0.2) is 24.4 Å². The molecular formula is C12H13ClN2O2. The van der Waals surface area contributed by atoms with Gasteiger partial charge in [-0.2, -0.15) is 0 Å². The van der Waals surface area contributed by atoms with E-state index in [1.807, 2.05) is 24.3 Å². The molecular weight excluding hydrogens is 240 g/mol. The first kappa shape index (κ1) is 12.1. The van der Waals surface area contributed by atoms with Gasteiger partial charge in [0, 0.05) is 5.02 Å². The van der Waals surface area contributed by atoms with Crippen LogP contribution in [0.1, 0.15) is 12.0 Å². The van der Waals surface area contributed by atoms with Gasteiger partial charge in [-0.3, -0.25) is 14.9 Å². The maximum atomic E-state index is 11.3. The molecule has 1 unspecified atom stereocenters. The van der Waals surface area contributed by atoms with Gasteiger partial charge in [0.2, 0.25) is 11.8 Å². The minimum Gasteiger partial charge on any atom is -0.305 e. The zero-order chi connectivity index (χ0) is 12.3. The van der Waals surface area contributed by atoms with Gasteiger partial charge in [0.15, 0.2) is 0 Å². The van der Waals surface area contributed by atoms with E-state index in [-0.39, 0.29) is 24.3 Å². The molecule has 1 aliphatic heterocycles. The highest BCUT2D eigenvalue weighted by Crippen LogP contribution is 2.11. The molecule has 17 heavy (non-hydrogen) atoms. The van der Waals surface area contributed by atoms with Gasteiger partial charge in [0.05, 0.1) is 12.5 Å². The van der Waals surface area contributed by atoms with Crippen LogP contribution in [0.5, 0.6) is 0 Å². The summed E-state index contributed by atoms with van der Waals surface area (Å²) in [4.78, 5) is 22.2. The second-order valence-corrected chi connectivity index (χ2v) is 4.44. The first-order valence-electron chi connectivity index (χ1n) is 5.46. The molecule has 1 aliphatic rings. The predicted molar refractivity (Wildman–Crippen MR) is 64.7 cm³/mol. The molecule has 4 nitrogen and oxygen atoms in total. The average molecular weight is 253 g/mol. The van der Waals surface area contributed by atoms with Crippen LogP contribution in [0.15, 0.2) is 24.3 Å². The van der Waals surface area contributed by atoms with Crippen molar-refractivity contribution < 1.29 is 9.59 Å². The van der Waals surface area contributed by atoms with Gasteiger partial charge >= 0.3 is 0 Å². The Kier molecular flexibility index (Phi) is 3.76. The predicted octanol–water partition coefficient (Wildman–Crippen LogP) is 0.887. The van der Waals surface area contributed by atoms with E-state index in [9.17, 15) is 9.59 Å². The highest BCUT2D eigenvalue weighted by molar-refractivity contribution is 6.30. The van der Waals surface area contributed by atoms with Crippen molar-refractivity contribution in [3.05, 3.63) is 34.9 Å². The molecule has 0 radical (unpaired) electrons. The Labute approximate surface area is 104 Å². The number of rotatable bonds is 4. The van der Waals surface area contributed by atoms with Crippen molar-refractivity contribution >= 4 is 23.4 Å². The van der Waals surface area contributed by atoms with E-state index in [1.54, 1.807) is 0 Å². The number of imide groups is 1. The zero-order valence-electron chi connectivity index (χ0n) is 9.20. The van der Waals surface area contributed by atoms with Gasteiger partial charge in [0.25, 0.3) is 0 Å². The van der Waals surface area contributed by atoms with Crippen LogP contribution < -0.4 is 10.6 Å². The minimum atomic E-state index is -0.387. The van der Waals surface area contributed by atoms with Crippen molar-refractivity contribution in [2.24, 2.45) is 0 Å². The number of amides is 2. The summed E-state index contributed by atoms with van der Waals surface area (Å²) in [5, 5.41) is 6.02. The van der Waals surface area contributed by atoms with Crippen LogP contribution in [0.2, 0.25) is 5.02 Å². The second kappa shape index (κ2) is 5.29. The SMILES string of the molecule is O=C1CC(NCCc2cccc(Cl)c2)C(=O)N1. The fourth-order valence-corrected chi connectivity index (χ4v) is 2.01. The summed E-state index contributed by atoms with van der Waals surface area (Å²) >= 11 is 5.86. The van der Waals surface area contributed by atoms with Gasteiger partial charge < -0.3 is 5.32 Å². The molecule has 0 saturated carbocycles. The summed E-state index contributed by atoms with van der Waals surface area (Å²) in [5.41, 5.74) is 1.11. The maximum Gasteiger partial charge on any atom is 0.244 e. The van der Waals surface area contributed by atoms with E-state index in [4.69, 9.17) is 11.6 Å². The van der Waals surface area contributed by atoms with Gasteiger partial charge in [0.1, 0.15) is 0 Å². The van der Waals surface area contributed by atoms with Crippen LogP contribution in [0, 0.1) is 0 Å². The van der Waals surface area contributed by atoms with E-state index in [0.717, 1.165) is 12.0 Å². The molecule has 1 atom stereocenters. The topological polar surface area (TPSA) is 58.2 Å². The maximum absolute atomic E-state index is 11.3. The largest absolute Gasteiger partial charge is 0.305 e. The van der Waals surface area contributed by atoms with E-state index in [2.05, 4.69) is 10.6 Å². The summed E-state index contributed by atoms with van der Waals surface area (Å²) in [6.45, 7) is 0.645. The Bertz CT molecular complexity index is 448. The highest BCUT2D eigenvalue weighted by Gasteiger charge is 2.29. The molecule has 1 fully saturated rings. The molecule has 2 amide bonds. The quantitative estimate of drug-likeness (QED) is 0.783. The van der Waals surface area contributed by atoms with Gasteiger partial charge in [-0.1, -0.05) is 23.7 Å². The van der Waals surface area contributed by atoms with Gasteiger partial charge in [-0.25, -0.2) is 0 Å². The summed E-state index contributed by atoms with van der Waals surface area (Å²) < 4.78 is 0. The number of hydrogen-bond donors (Lipinski definition) is 2. The first-order chi connectivity index (χ1) is 8.15. The van der Waals surface area contributed by atoms with Crippen molar-refractivity contribution in [1.82, 2.24) is 10.6 Å². The van der Waals surface area contributed by atoms with Gasteiger partial charge in [-0.15, -0.1) is 0 Å². The lowest BCUT2D eigenvalue weighted by Gasteiger charge is -2.08. The molecule has 1 aromatic rings. The molecule has 2 N–H and O–H groups in total. The molecule has 1 saturated heterocycles. The Morgan fingerprint density at radius 1 is 1.41 bits per heavy atom. The van der Waals surface area contributed by atoms with E-state index in [0.29, 0.717) is 11.6 Å². The smallest absolute Gasteiger partial charge is 0.244 e. The highest BCUT2D eigenvalue weighted by atomic mass is 35.5. The van der Waals surface area contributed by atoms with Crippen LogP contribution in [0.4, 0.5) is 0 Å². The molecule has 5 heteroatoms. The normalized spacial score (nSPS) is 19.5. The minimum absolute atomic E-state index is 0.213. The lowest BCUT2D eigenvalue weighted by Crippen LogP contribution is -2.37. The summed E-state index contributed by atoms with van der Waals surface area (Å²) in [6.07, 6.45) is 1.01. The Hall–Kier alpha value is -1.39. The molecule has 0 bridgehead atoms. The molecule has 90 valence electrons. The fourth-order valence-electron chi connectivity index (χ4n) is 1.80. The Balaban J connectivity index is 1.80. The number of carbonyl (C=O) groups excluding carboxylic acids is 2. The van der Waals surface area contributed by atoms with E-state index < -0.39 is 0 Å². The third kappa shape index (κ3) is 3.28. The third-order valence-corrected chi connectivity index (χ3v) is 2.90. The lowest BCUT2D eigenvalue weighted by atomic mass is 10.1. The molecule has 0 aromatic heterocycles. The van der Waals surface area contributed by atoms with E-state index in [1.165, 1.54) is 0 Å². The Morgan fingerprint density at radius 2 is 2.24 bits per heavy atom. The van der Waals surface area contributed by atoms with Crippen molar-refractivity contribution in [3.8, 4) is 0 Å². The van der Waals surface area contributed by atoms with Crippen LogP contribution in [0.3, 0.4) is 0 Å². The van der Waals surface area contributed by atoms with Crippen molar-refractivity contribution in [1.29, 1.82) is 0 Å². The second-order valence-electron chi connectivity index (χ2n) is 4.00. The van der Waals surface area contributed by atoms with Crippen LogP contribution in [0.25, 0.3) is 0 Å². The van der Waals surface area contributed by atoms with Crippen LogP contribution in [-0.2, 0) is 16.0 Å². The van der Waals surface area contributed by atoms with Crippen molar-refractivity contribution in [3.63, 3.8) is 0 Å². The van der Waals surface area contributed by atoms with Crippen LogP contribution >= 0.6 is 11.6 Å². The summed E-state index contributed by atoms with van der Waals surface area (Å²) in [6, 6.07) is 7.20. The van der Waals surface area contributed by atoms with Crippen molar-refractivity contribution in [2.75, 3.05) is 6.54 Å². The number of hydrogen-bond acceptors (Lipinski definition) is 3. The van der Waals surface area contributed by atoms with E-state index >= 15 is 0 Å². The molecule has 0 aliphatic carbocycles. The standard InChI is InChI=1S/C12H13ClN2O2/c13-9-3-1-2-8(6-9)4-5-14-10-7-11(16)15-12(10)17/h1-3,6,10,14H,4-5,7H2,(H,15,16,17). The molecule has 1 heterocycles. The fraction of sp³-hybridized carbons (Fsp3) is 0.333. The number of halogens is 1. The monoisotopic (exact) mass is 252 g/mol.